The molecule has 2 aromatic heterocycles. The monoisotopic (exact) mass is 394 g/mol. The van der Waals surface area contributed by atoms with Gasteiger partial charge in [-0.2, -0.15) is 0 Å². The zero-order valence-electron chi connectivity index (χ0n) is 16.2. The number of anilines is 1. The molecule has 8 nitrogen and oxygen atoms in total. The summed E-state index contributed by atoms with van der Waals surface area (Å²) in [6.07, 6.45) is 5.36. The SMILES string of the molecule is CN(Cc1ccco1)C(=O)C(=O)Nc1ccc2nc3n(c(=O)c2c1)CCCCC3. The molecule has 0 radical (unpaired) electrons. The second kappa shape index (κ2) is 7.90. The Kier molecular flexibility index (Phi) is 5.16. The summed E-state index contributed by atoms with van der Waals surface area (Å²) in [4.78, 5) is 43.5. The molecule has 1 aliphatic heterocycles. The van der Waals surface area contributed by atoms with Crippen molar-refractivity contribution >= 4 is 28.4 Å². The zero-order valence-corrected chi connectivity index (χ0v) is 16.2. The summed E-state index contributed by atoms with van der Waals surface area (Å²) < 4.78 is 6.92. The van der Waals surface area contributed by atoms with Crippen LogP contribution in [0.1, 0.15) is 30.8 Å². The number of benzene rings is 1. The van der Waals surface area contributed by atoms with Crippen LogP contribution in [-0.4, -0.2) is 33.3 Å². The Morgan fingerprint density at radius 2 is 2.10 bits per heavy atom. The summed E-state index contributed by atoms with van der Waals surface area (Å²) in [5.74, 6) is -0.0786. The summed E-state index contributed by atoms with van der Waals surface area (Å²) in [5.41, 5.74) is 0.877. The molecule has 4 rings (SSSR count). The van der Waals surface area contributed by atoms with Gasteiger partial charge in [-0.1, -0.05) is 6.42 Å². The van der Waals surface area contributed by atoms with Gasteiger partial charge in [-0.3, -0.25) is 19.0 Å². The number of amides is 2. The predicted octanol–water partition coefficient (Wildman–Crippen LogP) is 2.31. The van der Waals surface area contributed by atoms with Crippen molar-refractivity contribution in [2.75, 3.05) is 12.4 Å². The quantitative estimate of drug-likeness (QED) is 0.688. The second-order valence-corrected chi connectivity index (χ2v) is 7.22. The zero-order chi connectivity index (χ0) is 20.4. The number of hydrogen-bond donors (Lipinski definition) is 1. The number of fused-ring (bicyclic) bond motifs is 2. The van der Waals surface area contributed by atoms with Gasteiger partial charge in [0.05, 0.1) is 23.7 Å². The van der Waals surface area contributed by atoms with Gasteiger partial charge in [0, 0.05) is 25.7 Å². The third-order valence-electron chi connectivity index (χ3n) is 5.09. The maximum atomic E-state index is 12.9. The number of nitrogens with one attached hydrogen (secondary N) is 1. The van der Waals surface area contributed by atoms with E-state index in [2.05, 4.69) is 10.3 Å². The average molecular weight is 394 g/mol. The van der Waals surface area contributed by atoms with Gasteiger partial charge in [0.2, 0.25) is 0 Å². The van der Waals surface area contributed by atoms with Crippen molar-refractivity contribution in [1.29, 1.82) is 0 Å². The highest BCUT2D eigenvalue weighted by atomic mass is 16.3. The number of hydrogen-bond acceptors (Lipinski definition) is 5. The fourth-order valence-corrected chi connectivity index (χ4v) is 3.56. The Morgan fingerprint density at radius 1 is 1.24 bits per heavy atom. The number of nitrogens with zero attached hydrogens (tertiary/aromatic N) is 3. The predicted molar refractivity (Wildman–Crippen MR) is 107 cm³/mol. The van der Waals surface area contributed by atoms with Gasteiger partial charge >= 0.3 is 11.8 Å². The van der Waals surface area contributed by atoms with E-state index in [1.54, 1.807) is 34.9 Å². The number of furan rings is 1. The first-order chi connectivity index (χ1) is 14.0. The van der Waals surface area contributed by atoms with Crippen molar-refractivity contribution in [2.45, 2.75) is 38.8 Å². The molecule has 29 heavy (non-hydrogen) atoms. The van der Waals surface area contributed by atoms with Gasteiger partial charge < -0.3 is 14.6 Å². The van der Waals surface area contributed by atoms with E-state index in [1.165, 1.54) is 18.2 Å². The standard InChI is InChI=1S/C21H22N4O4/c1-24(13-15-6-5-11-29-15)21(28)19(26)22-14-8-9-17-16(12-14)20(27)25-10-4-2-3-7-18(25)23-17/h5-6,8-9,11-12H,2-4,7,10,13H2,1H3,(H,22,26). The molecule has 0 unspecified atom stereocenters. The maximum absolute atomic E-state index is 12.9. The summed E-state index contributed by atoms with van der Waals surface area (Å²) >= 11 is 0. The van der Waals surface area contributed by atoms with Gasteiger partial charge in [0.25, 0.3) is 5.56 Å². The molecule has 150 valence electrons. The fraction of sp³-hybridized carbons (Fsp3) is 0.333. The number of carbonyl (C=O) groups excluding carboxylic acids is 2. The van der Waals surface area contributed by atoms with Crippen LogP contribution in [0, 0.1) is 0 Å². The lowest BCUT2D eigenvalue weighted by Crippen LogP contribution is -2.36. The molecular formula is C21H22N4O4. The third-order valence-corrected chi connectivity index (χ3v) is 5.09. The van der Waals surface area contributed by atoms with E-state index in [1.807, 2.05) is 0 Å². The molecule has 3 heterocycles. The van der Waals surface area contributed by atoms with Crippen molar-refractivity contribution in [2.24, 2.45) is 0 Å². The summed E-state index contributed by atoms with van der Waals surface area (Å²) in [7, 11) is 1.52. The smallest absolute Gasteiger partial charge is 0.313 e. The van der Waals surface area contributed by atoms with Crippen LogP contribution in [-0.2, 0) is 29.1 Å². The van der Waals surface area contributed by atoms with Crippen LogP contribution in [0.4, 0.5) is 5.69 Å². The Balaban J connectivity index is 1.55. The van der Waals surface area contributed by atoms with E-state index >= 15 is 0 Å². The number of rotatable bonds is 3. The first-order valence-electron chi connectivity index (χ1n) is 9.65. The minimum absolute atomic E-state index is 0.107. The molecule has 0 fully saturated rings. The molecular weight excluding hydrogens is 372 g/mol. The summed E-state index contributed by atoms with van der Waals surface area (Å²) in [5, 5.41) is 3.01. The van der Waals surface area contributed by atoms with Crippen LogP contribution in [0.3, 0.4) is 0 Å². The molecule has 3 aromatic rings. The van der Waals surface area contributed by atoms with Crippen molar-refractivity contribution in [3.8, 4) is 0 Å². The second-order valence-electron chi connectivity index (χ2n) is 7.22. The molecule has 0 saturated heterocycles. The van der Waals surface area contributed by atoms with Gasteiger partial charge in [0.1, 0.15) is 11.6 Å². The number of carbonyl (C=O) groups is 2. The molecule has 0 atom stereocenters. The van der Waals surface area contributed by atoms with Crippen LogP contribution in [0.5, 0.6) is 0 Å². The van der Waals surface area contributed by atoms with Crippen LogP contribution < -0.4 is 10.9 Å². The van der Waals surface area contributed by atoms with Crippen LogP contribution in [0.15, 0.2) is 45.8 Å². The van der Waals surface area contributed by atoms with Crippen molar-refractivity contribution in [1.82, 2.24) is 14.5 Å². The minimum atomic E-state index is -0.777. The Hall–Kier alpha value is -3.42. The fourth-order valence-electron chi connectivity index (χ4n) is 3.56. The molecule has 1 aromatic carbocycles. The lowest BCUT2D eigenvalue weighted by Gasteiger charge is -2.15. The maximum Gasteiger partial charge on any atom is 0.313 e. The van der Waals surface area contributed by atoms with Crippen molar-refractivity contribution in [3.63, 3.8) is 0 Å². The van der Waals surface area contributed by atoms with Crippen molar-refractivity contribution < 1.29 is 14.0 Å². The molecule has 0 bridgehead atoms. The Labute approximate surface area is 167 Å². The highest BCUT2D eigenvalue weighted by Crippen LogP contribution is 2.18. The molecule has 1 aliphatic rings. The summed E-state index contributed by atoms with van der Waals surface area (Å²) in [6, 6.07) is 8.39. The van der Waals surface area contributed by atoms with Crippen LogP contribution >= 0.6 is 0 Å². The largest absolute Gasteiger partial charge is 0.467 e. The van der Waals surface area contributed by atoms with E-state index in [-0.39, 0.29) is 12.1 Å². The van der Waals surface area contributed by atoms with Crippen LogP contribution in [0.2, 0.25) is 0 Å². The molecule has 2 amide bonds. The third kappa shape index (κ3) is 3.91. The Morgan fingerprint density at radius 3 is 2.90 bits per heavy atom. The van der Waals surface area contributed by atoms with Gasteiger partial charge in [-0.15, -0.1) is 0 Å². The van der Waals surface area contributed by atoms with Crippen molar-refractivity contribution in [3.05, 3.63) is 58.5 Å². The number of aromatic nitrogens is 2. The molecule has 8 heteroatoms. The van der Waals surface area contributed by atoms with Gasteiger partial charge in [-0.05, 0) is 43.2 Å². The first kappa shape index (κ1) is 18.9. The lowest BCUT2D eigenvalue weighted by atomic mass is 10.2. The highest BCUT2D eigenvalue weighted by Gasteiger charge is 2.20. The molecule has 0 spiro atoms. The lowest BCUT2D eigenvalue weighted by molar-refractivity contribution is -0.142. The van der Waals surface area contributed by atoms with Gasteiger partial charge in [0.15, 0.2) is 0 Å². The molecule has 0 saturated carbocycles. The normalized spacial score (nSPS) is 13.6. The highest BCUT2D eigenvalue weighted by molar-refractivity contribution is 6.39. The molecule has 0 aliphatic carbocycles. The van der Waals surface area contributed by atoms with E-state index in [0.717, 1.165) is 31.5 Å². The summed E-state index contributed by atoms with van der Waals surface area (Å²) in [6.45, 7) is 0.845. The van der Waals surface area contributed by atoms with E-state index in [4.69, 9.17) is 4.42 Å². The van der Waals surface area contributed by atoms with E-state index < -0.39 is 11.8 Å². The number of likely N-dealkylation sites (N-methyl/N-ethyl adjacent to an activating group) is 1. The van der Waals surface area contributed by atoms with E-state index in [0.29, 0.717) is 28.9 Å². The minimum Gasteiger partial charge on any atom is -0.467 e. The number of aryl methyl sites for hydroxylation is 1. The first-order valence-corrected chi connectivity index (χ1v) is 9.65. The topological polar surface area (TPSA) is 97.4 Å². The Bertz CT molecular complexity index is 1120. The van der Waals surface area contributed by atoms with Crippen LogP contribution in [0.25, 0.3) is 10.9 Å². The molecule has 1 N–H and O–H groups in total. The van der Waals surface area contributed by atoms with Gasteiger partial charge in [-0.25, -0.2) is 4.98 Å². The van der Waals surface area contributed by atoms with E-state index in [9.17, 15) is 14.4 Å². The average Bonchev–Trinajstić information content (AvgIpc) is 3.10.